The van der Waals surface area contributed by atoms with Gasteiger partial charge in [-0.1, -0.05) is 36.4 Å². The van der Waals surface area contributed by atoms with Crippen LogP contribution in [-0.4, -0.2) is 9.97 Å². The number of rotatable bonds is 1. The molecule has 2 heteroatoms. The average molecular weight is 222 g/mol. The number of nitrogens with zero attached hydrogens (tertiary/aromatic N) is 1. The largest absolute Gasteiger partial charge is 0.338 e. The molecule has 2 aromatic carbocycles. The van der Waals surface area contributed by atoms with Gasteiger partial charge in [-0.3, -0.25) is 0 Å². The minimum Gasteiger partial charge on any atom is -0.338 e. The lowest BCUT2D eigenvalue weighted by atomic mass is 10.1. The van der Waals surface area contributed by atoms with Crippen molar-refractivity contribution in [3.63, 3.8) is 0 Å². The van der Waals surface area contributed by atoms with E-state index in [0.717, 1.165) is 22.4 Å². The second-order valence-corrected chi connectivity index (χ2v) is 4.36. The monoisotopic (exact) mass is 222 g/mol. The Bertz CT molecular complexity index is 666. The molecule has 0 aliphatic carbocycles. The van der Waals surface area contributed by atoms with Crippen molar-refractivity contribution in [1.29, 1.82) is 0 Å². The third kappa shape index (κ3) is 1.62. The molecule has 0 saturated heterocycles. The van der Waals surface area contributed by atoms with E-state index in [0.29, 0.717) is 0 Å². The van der Waals surface area contributed by atoms with Crippen molar-refractivity contribution in [1.82, 2.24) is 9.97 Å². The number of H-pyrrole nitrogens is 1. The maximum atomic E-state index is 4.69. The molecular formula is C15H14N2. The molecular weight excluding hydrogens is 208 g/mol. The van der Waals surface area contributed by atoms with Gasteiger partial charge < -0.3 is 4.98 Å². The van der Waals surface area contributed by atoms with Crippen LogP contribution in [0.25, 0.3) is 22.4 Å². The third-order valence-corrected chi connectivity index (χ3v) is 3.23. The van der Waals surface area contributed by atoms with Crippen molar-refractivity contribution in [3.05, 3.63) is 53.6 Å². The number of hydrogen-bond acceptors (Lipinski definition) is 1. The Morgan fingerprint density at radius 2 is 1.71 bits per heavy atom. The van der Waals surface area contributed by atoms with E-state index in [9.17, 15) is 0 Å². The molecule has 0 saturated carbocycles. The molecule has 2 nitrogen and oxygen atoms in total. The van der Waals surface area contributed by atoms with Crippen molar-refractivity contribution in [2.75, 3.05) is 0 Å². The van der Waals surface area contributed by atoms with E-state index < -0.39 is 0 Å². The van der Waals surface area contributed by atoms with E-state index in [1.807, 2.05) is 18.2 Å². The van der Waals surface area contributed by atoms with Crippen molar-refractivity contribution in [2.45, 2.75) is 13.8 Å². The smallest absolute Gasteiger partial charge is 0.138 e. The first-order chi connectivity index (χ1) is 8.25. The van der Waals surface area contributed by atoms with Gasteiger partial charge in [0.15, 0.2) is 0 Å². The van der Waals surface area contributed by atoms with Crippen molar-refractivity contribution < 1.29 is 0 Å². The lowest BCUT2D eigenvalue weighted by Gasteiger charge is -1.98. The van der Waals surface area contributed by atoms with Gasteiger partial charge in [0.05, 0.1) is 11.0 Å². The van der Waals surface area contributed by atoms with Gasteiger partial charge in [0.25, 0.3) is 0 Å². The molecule has 0 radical (unpaired) electrons. The standard InChI is InChI=1S/C15H14N2/c1-10-8-9-13-14(11(10)2)17-15(16-13)12-6-4-3-5-7-12/h3-9H,1-2H3,(H,16,17). The number of imidazole rings is 1. The van der Waals surface area contributed by atoms with Crippen LogP contribution in [0.2, 0.25) is 0 Å². The van der Waals surface area contributed by atoms with Gasteiger partial charge in [0.2, 0.25) is 0 Å². The van der Waals surface area contributed by atoms with Gasteiger partial charge in [0, 0.05) is 5.56 Å². The normalized spacial score (nSPS) is 10.9. The summed E-state index contributed by atoms with van der Waals surface area (Å²) in [5.74, 6) is 0.939. The second kappa shape index (κ2) is 3.74. The molecule has 0 unspecified atom stereocenters. The van der Waals surface area contributed by atoms with Crippen LogP contribution < -0.4 is 0 Å². The van der Waals surface area contributed by atoms with Crippen LogP contribution in [0.5, 0.6) is 0 Å². The predicted octanol–water partition coefficient (Wildman–Crippen LogP) is 3.85. The third-order valence-electron chi connectivity index (χ3n) is 3.23. The fourth-order valence-corrected chi connectivity index (χ4v) is 2.05. The van der Waals surface area contributed by atoms with Crippen LogP contribution >= 0.6 is 0 Å². The number of hydrogen-bond donors (Lipinski definition) is 1. The zero-order chi connectivity index (χ0) is 11.8. The molecule has 3 rings (SSSR count). The van der Waals surface area contributed by atoms with E-state index in [-0.39, 0.29) is 0 Å². The highest BCUT2D eigenvalue weighted by molar-refractivity contribution is 5.83. The number of nitrogens with one attached hydrogen (secondary N) is 1. The first-order valence-corrected chi connectivity index (χ1v) is 5.77. The zero-order valence-corrected chi connectivity index (χ0v) is 9.99. The fraction of sp³-hybridized carbons (Fsp3) is 0.133. The maximum Gasteiger partial charge on any atom is 0.138 e. The maximum absolute atomic E-state index is 4.69. The molecule has 1 heterocycles. The molecule has 3 aromatic rings. The van der Waals surface area contributed by atoms with Crippen molar-refractivity contribution >= 4 is 11.0 Å². The van der Waals surface area contributed by atoms with Crippen molar-refractivity contribution in [3.8, 4) is 11.4 Å². The van der Waals surface area contributed by atoms with Gasteiger partial charge >= 0.3 is 0 Å². The Morgan fingerprint density at radius 3 is 2.47 bits per heavy atom. The van der Waals surface area contributed by atoms with Crippen molar-refractivity contribution in [2.24, 2.45) is 0 Å². The average Bonchev–Trinajstić information content (AvgIpc) is 2.80. The first kappa shape index (κ1) is 10.1. The number of aromatic amines is 1. The Hall–Kier alpha value is -2.09. The van der Waals surface area contributed by atoms with Crippen LogP contribution in [0.4, 0.5) is 0 Å². The first-order valence-electron chi connectivity index (χ1n) is 5.77. The van der Waals surface area contributed by atoms with Gasteiger partial charge in [-0.2, -0.15) is 0 Å². The SMILES string of the molecule is Cc1ccc2[nH]c(-c3ccccc3)nc2c1C. The van der Waals surface area contributed by atoms with Gasteiger partial charge in [-0.15, -0.1) is 0 Å². The van der Waals surface area contributed by atoms with Gasteiger partial charge in [-0.05, 0) is 31.0 Å². The second-order valence-electron chi connectivity index (χ2n) is 4.36. The lowest BCUT2D eigenvalue weighted by Crippen LogP contribution is -1.82. The van der Waals surface area contributed by atoms with Crippen LogP contribution in [0.3, 0.4) is 0 Å². The van der Waals surface area contributed by atoms with E-state index in [1.54, 1.807) is 0 Å². The van der Waals surface area contributed by atoms with Gasteiger partial charge in [0.1, 0.15) is 5.82 Å². The summed E-state index contributed by atoms with van der Waals surface area (Å²) in [5.41, 5.74) is 5.83. The summed E-state index contributed by atoms with van der Waals surface area (Å²) in [7, 11) is 0. The van der Waals surface area contributed by atoms with Crippen LogP contribution in [0, 0.1) is 13.8 Å². The molecule has 1 aromatic heterocycles. The number of fused-ring (bicyclic) bond motifs is 1. The molecule has 84 valence electrons. The van der Waals surface area contributed by atoms with E-state index in [4.69, 9.17) is 0 Å². The Balaban J connectivity index is 2.24. The minimum absolute atomic E-state index is 0.939. The molecule has 17 heavy (non-hydrogen) atoms. The quantitative estimate of drug-likeness (QED) is 0.665. The summed E-state index contributed by atoms with van der Waals surface area (Å²) in [4.78, 5) is 8.06. The highest BCUT2D eigenvalue weighted by Gasteiger charge is 2.07. The predicted molar refractivity (Wildman–Crippen MR) is 71.0 cm³/mol. The van der Waals surface area contributed by atoms with E-state index in [2.05, 4.69) is 48.1 Å². The fourth-order valence-electron chi connectivity index (χ4n) is 2.05. The molecule has 0 atom stereocenters. The van der Waals surface area contributed by atoms with Crippen LogP contribution in [0.15, 0.2) is 42.5 Å². The summed E-state index contributed by atoms with van der Waals surface area (Å²) in [6.07, 6.45) is 0. The molecule has 0 amide bonds. The summed E-state index contributed by atoms with van der Waals surface area (Å²) in [6.45, 7) is 4.24. The molecule has 0 aliphatic heterocycles. The van der Waals surface area contributed by atoms with Crippen LogP contribution in [-0.2, 0) is 0 Å². The highest BCUT2D eigenvalue weighted by Crippen LogP contribution is 2.23. The Labute approximate surface area is 100 Å². The van der Waals surface area contributed by atoms with E-state index >= 15 is 0 Å². The summed E-state index contributed by atoms with van der Waals surface area (Å²) < 4.78 is 0. The number of aromatic nitrogens is 2. The molecule has 0 spiro atoms. The summed E-state index contributed by atoms with van der Waals surface area (Å²) in [6, 6.07) is 14.4. The number of benzene rings is 2. The molecule has 0 fully saturated rings. The molecule has 1 N–H and O–H groups in total. The Kier molecular flexibility index (Phi) is 2.22. The van der Waals surface area contributed by atoms with Gasteiger partial charge in [-0.25, -0.2) is 4.98 Å². The minimum atomic E-state index is 0.939. The zero-order valence-electron chi connectivity index (χ0n) is 9.99. The molecule has 0 aliphatic rings. The highest BCUT2D eigenvalue weighted by atomic mass is 14.9. The number of aryl methyl sites for hydroxylation is 2. The van der Waals surface area contributed by atoms with Crippen LogP contribution in [0.1, 0.15) is 11.1 Å². The Morgan fingerprint density at radius 1 is 0.941 bits per heavy atom. The molecule has 0 bridgehead atoms. The summed E-state index contributed by atoms with van der Waals surface area (Å²) in [5, 5.41) is 0. The summed E-state index contributed by atoms with van der Waals surface area (Å²) >= 11 is 0. The topological polar surface area (TPSA) is 28.7 Å². The van der Waals surface area contributed by atoms with E-state index in [1.165, 1.54) is 11.1 Å². The lowest BCUT2D eigenvalue weighted by molar-refractivity contribution is 1.32.